The van der Waals surface area contributed by atoms with Crippen LogP contribution < -0.4 is 21.3 Å². The Kier molecular flexibility index (Phi) is 5.87. The lowest BCUT2D eigenvalue weighted by Gasteiger charge is -2.19. The molecular formula is C25H28FN7O. The summed E-state index contributed by atoms with van der Waals surface area (Å²) in [5.74, 6) is 0.844. The lowest BCUT2D eigenvalue weighted by molar-refractivity contribution is 0.0951. The number of hydrogen-bond acceptors (Lipinski definition) is 7. The third kappa shape index (κ3) is 5.14. The number of alkyl halides is 1. The zero-order valence-corrected chi connectivity index (χ0v) is 19.3. The summed E-state index contributed by atoms with van der Waals surface area (Å²) >= 11 is 0. The van der Waals surface area contributed by atoms with Gasteiger partial charge in [-0.05, 0) is 69.0 Å². The normalized spacial score (nSPS) is 15.4. The van der Waals surface area contributed by atoms with E-state index in [2.05, 4.69) is 48.4 Å². The Morgan fingerprint density at radius 2 is 1.94 bits per heavy atom. The second-order valence-electron chi connectivity index (χ2n) is 9.26. The first-order valence-electron chi connectivity index (χ1n) is 11.5. The van der Waals surface area contributed by atoms with Crippen molar-refractivity contribution in [1.82, 2.24) is 25.6 Å². The van der Waals surface area contributed by atoms with E-state index in [-0.39, 0.29) is 17.8 Å². The Balaban J connectivity index is 1.44. The molecule has 5 rings (SSSR count). The number of rotatable bonds is 7. The van der Waals surface area contributed by atoms with Crippen molar-refractivity contribution in [2.24, 2.45) is 0 Å². The van der Waals surface area contributed by atoms with Gasteiger partial charge in [-0.1, -0.05) is 6.07 Å². The monoisotopic (exact) mass is 461 g/mol. The summed E-state index contributed by atoms with van der Waals surface area (Å²) in [5.41, 5.74) is 2.78. The minimum Gasteiger partial charge on any atom is -0.349 e. The van der Waals surface area contributed by atoms with Crippen LogP contribution in [0.2, 0.25) is 0 Å². The minimum atomic E-state index is -1.68. The molecule has 4 N–H and O–H groups in total. The van der Waals surface area contributed by atoms with Crippen molar-refractivity contribution in [1.29, 1.82) is 0 Å². The molecule has 1 amide bonds. The summed E-state index contributed by atoms with van der Waals surface area (Å²) in [6, 6.07) is 9.89. The lowest BCUT2D eigenvalue weighted by atomic mass is 10.0. The second-order valence-corrected chi connectivity index (χ2v) is 9.26. The highest BCUT2D eigenvalue weighted by atomic mass is 19.1. The molecule has 0 spiro atoms. The maximum atomic E-state index is 14.4. The van der Waals surface area contributed by atoms with Gasteiger partial charge in [0.25, 0.3) is 5.91 Å². The largest absolute Gasteiger partial charge is 0.349 e. The molecule has 0 unspecified atom stereocenters. The molecule has 1 aliphatic heterocycles. The average Bonchev–Trinajstić information content (AvgIpc) is 3.63. The number of amides is 1. The molecule has 0 atom stereocenters. The van der Waals surface area contributed by atoms with Gasteiger partial charge < -0.3 is 21.3 Å². The fourth-order valence-electron chi connectivity index (χ4n) is 3.85. The Bertz CT molecular complexity index is 1220. The van der Waals surface area contributed by atoms with E-state index in [1.807, 2.05) is 6.07 Å². The second kappa shape index (κ2) is 8.98. The van der Waals surface area contributed by atoms with E-state index in [9.17, 15) is 9.18 Å². The van der Waals surface area contributed by atoms with Crippen LogP contribution in [0.25, 0.3) is 0 Å². The van der Waals surface area contributed by atoms with Crippen molar-refractivity contribution in [2.75, 3.05) is 17.2 Å². The molecule has 176 valence electrons. The molecule has 34 heavy (non-hydrogen) atoms. The number of anilines is 4. The molecule has 9 heteroatoms. The van der Waals surface area contributed by atoms with Gasteiger partial charge in [0.2, 0.25) is 0 Å². The number of nitrogens with zero attached hydrogens (tertiary/aromatic N) is 3. The summed E-state index contributed by atoms with van der Waals surface area (Å²) in [6.07, 6.45) is 5.99. The Labute approximate surface area is 197 Å². The SMILES string of the molecule is CC(C)(F)c1nccc(Nc2cc(Nc3ccc4c(c3)CCNC4)ncc2C(=O)NC2CC2)n1. The van der Waals surface area contributed by atoms with E-state index in [4.69, 9.17) is 0 Å². The molecule has 3 aromatic rings. The highest BCUT2D eigenvalue weighted by Crippen LogP contribution is 2.28. The maximum Gasteiger partial charge on any atom is 0.255 e. The summed E-state index contributed by atoms with van der Waals surface area (Å²) in [5, 5.41) is 12.9. The third-order valence-corrected chi connectivity index (χ3v) is 5.88. The lowest BCUT2D eigenvalue weighted by Crippen LogP contribution is -2.26. The zero-order valence-electron chi connectivity index (χ0n) is 19.3. The first-order chi connectivity index (χ1) is 16.3. The zero-order chi connectivity index (χ0) is 23.7. The van der Waals surface area contributed by atoms with Crippen molar-refractivity contribution in [2.45, 2.75) is 51.4 Å². The van der Waals surface area contributed by atoms with Gasteiger partial charge in [-0.15, -0.1) is 0 Å². The smallest absolute Gasteiger partial charge is 0.255 e. The number of aromatic nitrogens is 3. The Morgan fingerprint density at radius 1 is 1.09 bits per heavy atom. The first-order valence-corrected chi connectivity index (χ1v) is 11.5. The van der Waals surface area contributed by atoms with Crippen LogP contribution in [0.5, 0.6) is 0 Å². The van der Waals surface area contributed by atoms with E-state index in [0.717, 1.165) is 38.0 Å². The Morgan fingerprint density at radius 3 is 2.74 bits per heavy atom. The van der Waals surface area contributed by atoms with E-state index in [0.29, 0.717) is 22.9 Å². The van der Waals surface area contributed by atoms with Crippen molar-refractivity contribution in [3.05, 3.63) is 65.2 Å². The molecule has 0 saturated heterocycles. The first kappa shape index (κ1) is 22.2. The van der Waals surface area contributed by atoms with Crippen molar-refractivity contribution in [3.63, 3.8) is 0 Å². The molecular weight excluding hydrogens is 433 g/mol. The van der Waals surface area contributed by atoms with Gasteiger partial charge in [-0.2, -0.15) is 0 Å². The number of hydrogen-bond donors (Lipinski definition) is 4. The predicted octanol–water partition coefficient (Wildman–Crippen LogP) is 4.10. The quantitative estimate of drug-likeness (QED) is 0.420. The molecule has 2 aliphatic rings. The van der Waals surface area contributed by atoms with Crippen LogP contribution in [-0.4, -0.2) is 33.4 Å². The van der Waals surface area contributed by atoms with Crippen molar-refractivity contribution < 1.29 is 9.18 Å². The van der Waals surface area contributed by atoms with Crippen LogP contribution in [0.3, 0.4) is 0 Å². The number of carbonyl (C=O) groups excluding carboxylic acids is 1. The van der Waals surface area contributed by atoms with Crippen LogP contribution in [0, 0.1) is 0 Å². The van der Waals surface area contributed by atoms with Crippen LogP contribution in [0.1, 0.15) is 54.0 Å². The van der Waals surface area contributed by atoms with Gasteiger partial charge in [0.1, 0.15) is 11.6 Å². The van der Waals surface area contributed by atoms with Gasteiger partial charge in [-0.3, -0.25) is 4.79 Å². The summed E-state index contributed by atoms with van der Waals surface area (Å²) in [4.78, 5) is 25.7. The summed E-state index contributed by atoms with van der Waals surface area (Å²) in [7, 11) is 0. The van der Waals surface area contributed by atoms with E-state index >= 15 is 0 Å². The van der Waals surface area contributed by atoms with Gasteiger partial charge in [0.05, 0.1) is 11.3 Å². The minimum absolute atomic E-state index is 0.0671. The molecule has 8 nitrogen and oxygen atoms in total. The van der Waals surface area contributed by atoms with Gasteiger partial charge >= 0.3 is 0 Å². The number of carbonyl (C=O) groups is 1. The van der Waals surface area contributed by atoms with E-state index in [1.54, 1.807) is 18.3 Å². The fraction of sp³-hybridized carbons (Fsp3) is 0.360. The van der Waals surface area contributed by atoms with Crippen molar-refractivity contribution in [3.8, 4) is 0 Å². The van der Waals surface area contributed by atoms with Gasteiger partial charge in [0.15, 0.2) is 11.5 Å². The Hall–Kier alpha value is -3.59. The molecule has 3 heterocycles. The predicted molar refractivity (Wildman–Crippen MR) is 129 cm³/mol. The topological polar surface area (TPSA) is 104 Å². The maximum absolute atomic E-state index is 14.4. The highest BCUT2D eigenvalue weighted by Gasteiger charge is 2.26. The number of nitrogens with one attached hydrogen (secondary N) is 4. The number of fused-ring (bicyclic) bond motifs is 1. The highest BCUT2D eigenvalue weighted by molar-refractivity contribution is 6.00. The van der Waals surface area contributed by atoms with Crippen molar-refractivity contribution >= 4 is 28.9 Å². The number of halogens is 1. The van der Waals surface area contributed by atoms with E-state index < -0.39 is 5.67 Å². The van der Waals surface area contributed by atoms with Crippen LogP contribution in [0.4, 0.5) is 27.4 Å². The fourth-order valence-corrected chi connectivity index (χ4v) is 3.85. The summed E-state index contributed by atoms with van der Waals surface area (Å²) in [6.45, 7) is 4.65. The summed E-state index contributed by atoms with van der Waals surface area (Å²) < 4.78 is 14.4. The molecule has 1 aliphatic carbocycles. The number of pyridine rings is 1. The molecule has 1 saturated carbocycles. The van der Waals surface area contributed by atoms with E-state index in [1.165, 1.54) is 31.2 Å². The molecule has 0 radical (unpaired) electrons. The molecule has 0 bridgehead atoms. The average molecular weight is 462 g/mol. The molecule has 1 aromatic carbocycles. The van der Waals surface area contributed by atoms with Gasteiger partial charge in [-0.25, -0.2) is 19.3 Å². The van der Waals surface area contributed by atoms with Crippen LogP contribution in [0.15, 0.2) is 42.7 Å². The van der Waals surface area contributed by atoms with Gasteiger partial charge in [0, 0.05) is 36.7 Å². The molecule has 1 fully saturated rings. The third-order valence-electron chi connectivity index (χ3n) is 5.88. The molecule has 2 aromatic heterocycles. The standard InChI is InChI=1S/C25H28FN7O/c1-25(2,26)24-28-10-8-21(33-24)32-20-12-22(29-14-19(20)23(34)31-17-5-6-17)30-18-4-3-16-13-27-9-7-15(16)11-18/h3-4,8,10-12,14,17,27H,5-7,9,13H2,1-2H3,(H,31,34)(H2,28,29,30,32,33). The van der Waals surface area contributed by atoms with Crippen LogP contribution in [-0.2, 0) is 18.6 Å². The number of benzene rings is 1. The van der Waals surface area contributed by atoms with Crippen LogP contribution >= 0.6 is 0 Å².